The Morgan fingerprint density at radius 2 is 2.17 bits per heavy atom. The molecule has 112 valence electrons. The Bertz CT molecular complexity index is 1050. The molecule has 0 saturated heterocycles. The molecule has 1 aromatic carbocycles. The molecule has 7 heteroatoms. The van der Waals surface area contributed by atoms with Gasteiger partial charge in [0, 0.05) is 25.6 Å². The Morgan fingerprint density at radius 1 is 1.26 bits per heavy atom. The minimum absolute atomic E-state index is 0.555. The normalized spacial score (nSPS) is 11.0. The van der Waals surface area contributed by atoms with Crippen molar-refractivity contribution in [1.82, 2.24) is 24.1 Å². The van der Waals surface area contributed by atoms with Crippen molar-refractivity contribution in [2.24, 2.45) is 7.05 Å². The highest BCUT2D eigenvalue weighted by Crippen LogP contribution is 2.21. The van der Waals surface area contributed by atoms with Crippen LogP contribution in [0.2, 0.25) is 0 Å². The maximum absolute atomic E-state index is 9.07. The van der Waals surface area contributed by atoms with E-state index in [0.29, 0.717) is 17.9 Å². The SMILES string of the molecule is Cn1ccc(CNc2nc3cc(C#N)ccc3n3ccnc23)n1. The van der Waals surface area contributed by atoms with Crippen molar-refractivity contribution in [2.75, 3.05) is 5.32 Å². The first-order valence-corrected chi connectivity index (χ1v) is 7.14. The lowest BCUT2D eigenvalue weighted by atomic mass is 10.2. The first-order valence-electron chi connectivity index (χ1n) is 7.14. The Balaban J connectivity index is 1.80. The summed E-state index contributed by atoms with van der Waals surface area (Å²) in [5.74, 6) is 0.670. The van der Waals surface area contributed by atoms with Crippen LogP contribution in [0.5, 0.6) is 0 Å². The second kappa shape index (κ2) is 5.10. The van der Waals surface area contributed by atoms with Crippen LogP contribution in [0.3, 0.4) is 0 Å². The zero-order valence-electron chi connectivity index (χ0n) is 12.4. The summed E-state index contributed by atoms with van der Waals surface area (Å²) in [6.07, 6.45) is 5.52. The van der Waals surface area contributed by atoms with Crippen LogP contribution < -0.4 is 5.32 Å². The smallest absolute Gasteiger partial charge is 0.180 e. The third kappa shape index (κ3) is 2.26. The van der Waals surface area contributed by atoms with Crippen LogP contribution in [0.1, 0.15) is 11.3 Å². The lowest BCUT2D eigenvalue weighted by molar-refractivity contribution is 0.747. The molecular formula is C16H13N7. The van der Waals surface area contributed by atoms with Crippen molar-refractivity contribution < 1.29 is 0 Å². The molecule has 0 radical (unpaired) electrons. The second-order valence-electron chi connectivity index (χ2n) is 5.23. The van der Waals surface area contributed by atoms with E-state index in [1.165, 1.54) is 0 Å². The van der Waals surface area contributed by atoms with Gasteiger partial charge in [0.05, 0.1) is 34.9 Å². The van der Waals surface area contributed by atoms with Crippen LogP contribution in [0, 0.1) is 11.3 Å². The highest BCUT2D eigenvalue weighted by atomic mass is 15.3. The van der Waals surface area contributed by atoms with E-state index in [-0.39, 0.29) is 0 Å². The van der Waals surface area contributed by atoms with Gasteiger partial charge in [0.1, 0.15) is 0 Å². The van der Waals surface area contributed by atoms with Gasteiger partial charge in [-0.2, -0.15) is 10.4 Å². The largest absolute Gasteiger partial charge is 0.361 e. The zero-order chi connectivity index (χ0) is 15.8. The van der Waals surface area contributed by atoms with Gasteiger partial charge < -0.3 is 5.32 Å². The summed E-state index contributed by atoms with van der Waals surface area (Å²) < 4.78 is 3.72. The van der Waals surface area contributed by atoms with Crippen LogP contribution in [-0.4, -0.2) is 24.1 Å². The molecule has 3 heterocycles. The number of imidazole rings is 1. The lowest BCUT2D eigenvalue weighted by Crippen LogP contribution is -2.06. The maximum Gasteiger partial charge on any atom is 0.180 e. The number of nitriles is 1. The van der Waals surface area contributed by atoms with Gasteiger partial charge in [-0.05, 0) is 24.3 Å². The van der Waals surface area contributed by atoms with E-state index in [0.717, 1.165) is 22.4 Å². The van der Waals surface area contributed by atoms with Gasteiger partial charge in [0.2, 0.25) is 0 Å². The predicted octanol–water partition coefficient (Wildman–Crippen LogP) is 2.10. The summed E-state index contributed by atoms with van der Waals surface area (Å²) >= 11 is 0. The van der Waals surface area contributed by atoms with Gasteiger partial charge in [-0.15, -0.1) is 0 Å². The standard InChI is InChI=1S/C16H13N7/c1-22-6-4-12(21-22)10-19-15-16-18-5-7-23(16)14-3-2-11(9-17)8-13(14)20-15/h2-8H,10H2,1H3,(H,19,20). The monoisotopic (exact) mass is 303 g/mol. The minimum atomic E-state index is 0.555. The molecule has 0 aliphatic heterocycles. The number of aromatic nitrogens is 5. The van der Waals surface area contributed by atoms with Crippen molar-refractivity contribution in [3.05, 3.63) is 54.1 Å². The highest BCUT2D eigenvalue weighted by Gasteiger charge is 2.10. The molecule has 7 nitrogen and oxygen atoms in total. The summed E-state index contributed by atoms with van der Waals surface area (Å²) in [4.78, 5) is 9.00. The molecule has 0 fully saturated rings. The molecule has 0 aliphatic carbocycles. The molecule has 4 rings (SSSR count). The minimum Gasteiger partial charge on any atom is -0.361 e. The molecule has 0 saturated carbocycles. The third-order valence-electron chi connectivity index (χ3n) is 3.65. The number of hydrogen-bond acceptors (Lipinski definition) is 5. The summed E-state index contributed by atoms with van der Waals surface area (Å²) in [7, 11) is 1.88. The average Bonchev–Trinajstić information content (AvgIpc) is 3.21. The van der Waals surface area contributed by atoms with Gasteiger partial charge >= 0.3 is 0 Å². The molecule has 0 unspecified atom stereocenters. The van der Waals surface area contributed by atoms with Gasteiger partial charge in [-0.3, -0.25) is 9.08 Å². The van der Waals surface area contributed by atoms with Crippen LogP contribution in [-0.2, 0) is 13.6 Å². The predicted molar refractivity (Wildman–Crippen MR) is 85.7 cm³/mol. The number of nitrogens with zero attached hydrogens (tertiary/aromatic N) is 6. The van der Waals surface area contributed by atoms with Gasteiger partial charge in [0.15, 0.2) is 11.5 Å². The van der Waals surface area contributed by atoms with Gasteiger partial charge in [-0.1, -0.05) is 0 Å². The van der Waals surface area contributed by atoms with Gasteiger partial charge in [-0.25, -0.2) is 9.97 Å². The number of anilines is 1. The molecular weight excluding hydrogens is 290 g/mol. The molecule has 0 amide bonds. The summed E-state index contributed by atoms with van der Waals surface area (Å²) in [5, 5.41) is 16.7. The molecule has 1 N–H and O–H groups in total. The van der Waals surface area contributed by atoms with E-state index in [4.69, 9.17) is 5.26 Å². The third-order valence-corrected chi connectivity index (χ3v) is 3.65. The Labute approximate surface area is 131 Å². The fourth-order valence-electron chi connectivity index (χ4n) is 2.58. The first kappa shape index (κ1) is 13.3. The molecule has 0 atom stereocenters. The van der Waals surface area contributed by atoms with Crippen LogP contribution in [0.25, 0.3) is 16.7 Å². The fraction of sp³-hybridized carbons (Fsp3) is 0.125. The number of nitrogens with one attached hydrogen (secondary N) is 1. The molecule has 4 aromatic rings. The van der Waals surface area contributed by atoms with E-state index in [9.17, 15) is 0 Å². The molecule has 23 heavy (non-hydrogen) atoms. The molecule has 0 spiro atoms. The van der Waals surface area contributed by atoms with Crippen LogP contribution in [0.4, 0.5) is 5.82 Å². The van der Waals surface area contributed by atoms with E-state index in [2.05, 4.69) is 26.5 Å². The summed E-state index contributed by atoms with van der Waals surface area (Å²) in [6, 6.07) is 9.54. The van der Waals surface area contributed by atoms with E-state index >= 15 is 0 Å². The number of hydrogen-bond donors (Lipinski definition) is 1. The van der Waals surface area contributed by atoms with E-state index in [1.54, 1.807) is 23.0 Å². The average molecular weight is 303 g/mol. The van der Waals surface area contributed by atoms with Crippen molar-refractivity contribution in [2.45, 2.75) is 6.54 Å². The summed E-state index contributed by atoms with van der Waals surface area (Å²) in [5.41, 5.74) is 3.92. The number of fused-ring (bicyclic) bond motifs is 3. The van der Waals surface area contributed by atoms with Gasteiger partial charge in [0.25, 0.3) is 0 Å². The first-order chi connectivity index (χ1) is 11.2. The van der Waals surface area contributed by atoms with E-state index < -0.39 is 0 Å². The Morgan fingerprint density at radius 3 is 2.96 bits per heavy atom. The van der Waals surface area contributed by atoms with Crippen molar-refractivity contribution in [1.29, 1.82) is 5.26 Å². The number of aryl methyl sites for hydroxylation is 1. The topological polar surface area (TPSA) is 83.8 Å². The van der Waals surface area contributed by atoms with Crippen molar-refractivity contribution in [3.8, 4) is 6.07 Å². The van der Waals surface area contributed by atoms with Crippen molar-refractivity contribution >= 4 is 22.5 Å². The molecule has 3 aromatic heterocycles. The Hall–Kier alpha value is -3.40. The number of benzene rings is 1. The maximum atomic E-state index is 9.07. The summed E-state index contributed by atoms with van der Waals surface area (Å²) in [6.45, 7) is 0.555. The highest BCUT2D eigenvalue weighted by molar-refractivity contribution is 5.83. The lowest BCUT2D eigenvalue weighted by Gasteiger charge is -2.09. The fourth-order valence-corrected chi connectivity index (χ4v) is 2.58. The van der Waals surface area contributed by atoms with Crippen LogP contribution >= 0.6 is 0 Å². The Kier molecular flexibility index (Phi) is 2.95. The zero-order valence-corrected chi connectivity index (χ0v) is 12.4. The van der Waals surface area contributed by atoms with Crippen LogP contribution in [0.15, 0.2) is 42.9 Å². The molecule has 0 bridgehead atoms. The van der Waals surface area contributed by atoms with E-state index in [1.807, 2.05) is 36.0 Å². The number of rotatable bonds is 3. The quantitative estimate of drug-likeness (QED) is 0.626. The molecule has 0 aliphatic rings. The second-order valence-corrected chi connectivity index (χ2v) is 5.23. The van der Waals surface area contributed by atoms with Crippen molar-refractivity contribution in [3.63, 3.8) is 0 Å².